The number of carbonyl (C=O) groups is 1. The number of hydrogen-bond donors (Lipinski definition) is 1. The molecule has 6 heteroatoms. The summed E-state index contributed by atoms with van der Waals surface area (Å²) in [5.41, 5.74) is 8.53. The second kappa shape index (κ2) is 9.87. The molecule has 0 fully saturated rings. The number of hydrogen-bond acceptors (Lipinski definition) is 6. The predicted octanol–water partition coefficient (Wildman–Crippen LogP) is 4.62. The lowest BCUT2D eigenvalue weighted by Gasteiger charge is -2.16. The van der Waals surface area contributed by atoms with Gasteiger partial charge in [0.05, 0.1) is 33.6 Å². The lowest BCUT2D eigenvalue weighted by Crippen LogP contribution is -2.10. The zero-order valence-electron chi connectivity index (χ0n) is 17.9. The molecule has 0 saturated carbocycles. The molecule has 2 aromatic carbocycles. The highest BCUT2D eigenvalue weighted by atomic mass is 16.5. The Morgan fingerprint density at radius 1 is 1.00 bits per heavy atom. The topological polar surface area (TPSA) is 80.0 Å². The van der Waals surface area contributed by atoms with E-state index < -0.39 is 0 Å². The second-order valence-corrected chi connectivity index (χ2v) is 6.73. The Morgan fingerprint density at radius 2 is 1.62 bits per heavy atom. The number of methoxy groups -OCH3 is 3. The maximum atomic E-state index is 13.3. The molecule has 0 aromatic heterocycles. The van der Waals surface area contributed by atoms with Crippen LogP contribution in [0.15, 0.2) is 35.9 Å². The number of carbonyl (C=O) groups excluding carboxylic acids is 1. The normalized spacial score (nSPS) is 11.3. The standard InChI is InChI=1S/C23H29NO5/c1-7-29-19-9-8-15(11-18(19)24)10-17(14(2)3)22(25)16-12-20(26-4)23(28-6)21(13-16)27-5/h8-14H,7,24H2,1-6H3. The van der Waals surface area contributed by atoms with Crippen molar-refractivity contribution in [2.75, 3.05) is 33.7 Å². The first-order valence-corrected chi connectivity index (χ1v) is 9.44. The molecule has 0 heterocycles. The first kappa shape index (κ1) is 22.1. The summed E-state index contributed by atoms with van der Waals surface area (Å²) in [6, 6.07) is 8.81. The summed E-state index contributed by atoms with van der Waals surface area (Å²) in [7, 11) is 4.57. The third kappa shape index (κ3) is 5.02. The van der Waals surface area contributed by atoms with Crippen molar-refractivity contribution in [3.63, 3.8) is 0 Å². The van der Waals surface area contributed by atoms with Crippen LogP contribution in [-0.4, -0.2) is 33.7 Å². The van der Waals surface area contributed by atoms with E-state index in [4.69, 9.17) is 24.7 Å². The number of anilines is 1. The SMILES string of the molecule is CCOc1ccc(C=C(C(=O)c2cc(OC)c(OC)c(OC)c2)C(C)C)cc1N. The maximum absolute atomic E-state index is 13.3. The Labute approximate surface area is 172 Å². The van der Waals surface area contributed by atoms with E-state index >= 15 is 0 Å². The minimum Gasteiger partial charge on any atom is -0.493 e. The van der Waals surface area contributed by atoms with E-state index in [2.05, 4.69) is 0 Å². The summed E-state index contributed by atoms with van der Waals surface area (Å²) in [6.45, 7) is 6.38. The molecular formula is C23H29NO5. The maximum Gasteiger partial charge on any atom is 0.203 e. The molecule has 156 valence electrons. The molecule has 6 nitrogen and oxygen atoms in total. The molecule has 0 bridgehead atoms. The van der Waals surface area contributed by atoms with Crippen LogP contribution in [0, 0.1) is 5.92 Å². The summed E-state index contributed by atoms with van der Waals surface area (Å²) in [6.07, 6.45) is 1.85. The second-order valence-electron chi connectivity index (χ2n) is 6.73. The van der Waals surface area contributed by atoms with Crippen LogP contribution in [-0.2, 0) is 0 Å². The Hall–Kier alpha value is -3.15. The monoisotopic (exact) mass is 399 g/mol. The number of benzene rings is 2. The van der Waals surface area contributed by atoms with E-state index in [-0.39, 0.29) is 11.7 Å². The summed E-state index contributed by atoms with van der Waals surface area (Å²) < 4.78 is 21.6. The molecule has 0 aliphatic rings. The smallest absolute Gasteiger partial charge is 0.203 e. The Morgan fingerprint density at radius 3 is 2.07 bits per heavy atom. The van der Waals surface area contributed by atoms with Crippen molar-refractivity contribution in [1.29, 1.82) is 0 Å². The number of rotatable bonds is 9. The largest absolute Gasteiger partial charge is 0.493 e. The van der Waals surface area contributed by atoms with Gasteiger partial charge in [-0.1, -0.05) is 19.9 Å². The zero-order chi connectivity index (χ0) is 21.6. The fourth-order valence-corrected chi connectivity index (χ4v) is 3.00. The quantitative estimate of drug-likeness (QED) is 0.377. The van der Waals surface area contributed by atoms with Gasteiger partial charge in [0.1, 0.15) is 5.75 Å². The molecule has 0 atom stereocenters. The van der Waals surface area contributed by atoms with Gasteiger partial charge in [0.15, 0.2) is 17.3 Å². The minimum atomic E-state index is -0.119. The van der Waals surface area contributed by atoms with Crippen LogP contribution in [0.2, 0.25) is 0 Å². The van der Waals surface area contributed by atoms with Gasteiger partial charge in [0, 0.05) is 11.1 Å². The number of ether oxygens (including phenoxy) is 4. The molecule has 0 saturated heterocycles. The van der Waals surface area contributed by atoms with Crippen molar-refractivity contribution < 1.29 is 23.7 Å². The average molecular weight is 399 g/mol. The predicted molar refractivity (Wildman–Crippen MR) is 115 cm³/mol. The van der Waals surface area contributed by atoms with Crippen molar-refractivity contribution in [2.45, 2.75) is 20.8 Å². The molecule has 0 spiro atoms. The van der Waals surface area contributed by atoms with Crippen LogP contribution in [0.25, 0.3) is 6.08 Å². The third-order valence-corrected chi connectivity index (χ3v) is 4.47. The number of nitrogens with two attached hydrogens (primary N) is 1. The number of allylic oxidation sites excluding steroid dienone is 1. The highest BCUT2D eigenvalue weighted by Gasteiger charge is 2.21. The highest BCUT2D eigenvalue weighted by Crippen LogP contribution is 2.39. The molecule has 0 aliphatic heterocycles. The van der Waals surface area contributed by atoms with E-state index in [9.17, 15) is 4.79 Å². The van der Waals surface area contributed by atoms with Crippen molar-refractivity contribution in [1.82, 2.24) is 0 Å². The summed E-state index contributed by atoms with van der Waals surface area (Å²) in [4.78, 5) is 13.3. The fourth-order valence-electron chi connectivity index (χ4n) is 3.00. The van der Waals surface area contributed by atoms with Crippen LogP contribution >= 0.6 is 0 Å². The zero-order valence-corrected chi connectivity index (χ0v) is 17.9. The minimum absolute atomic E-state index is 0.00520. The van der Waals surface area contributed by atoms with Gasteiger partial charge < -0.3 is 24.7 Å². The van der Waals surface area contributed by atoms with E-state index in [0.717, 1.165) is 5.56 Å². The third-order valence-electron chi connectivity index (χ3n) is 4.47. The molecule has 2 aromatic rings. The Bertz CT molecular complexity index is 877. The number of ketones is 1. The van der Waals surface area contributed by atoms with Gasteiger partial charge in [-0.2, -0.15) is 0 Å². The molecule has 2 rings (SSSR count). The van der Waals surface area contributed by atoms with Gasteiger partial charge in [0.25, 0.3) is 0 Å². The lowest BCUT2D eigenvalue weighted by atomic mass is 9.92. The first-order chi connectivity index (χ1) is 13.9. The fraction of sp³-hybridized carbons (Fsp3) is 0.348. The van der Waals surface area contributed by atoms with E-state index in [0.29, 0.717) is 46.4 Å². The Kier molecular flexibility index (Phi) is 7.53. The van der Waals surface area contributed by atoms with Crippen LogP contribution in [0.5, 0.6) is 23.0 Å². The van der Waals surface area contributed by atoms with Gasteiger partial charge in [-0.3, -0.25) is 4.79 Å². The van der Waals surface area contributed by atoms with Crippen LogP contribution in [0.3, 0.4) is 0 Å². The van der Waals surface area contributed by atoms with Gasteiger partial charge in [-0.15, -0.1) is 0 Å². The Balaban J connectivity index is 2.50. The molecule has 0 unspecified atom stereocenters. The van der Waals surface area contributed by atoms with E-state index in [1.807, 2.05) is 39.0 Å². The average Bonchev–Trinajstić information content (AvgIpc) is 2.71. The molecular weight excluding hydrogens is 370 g/mol. The summed E-state index contributed by atoms with van der Waals surface area (Å²) in [5.74, 6) is 1.82. The molecule has 0 aliphatic carbocycles. The van der Waals surface area contributed by atoms with Gasteiger partial charge in [0.2, 0.25) is 5.75 Å². The van der Waals surface area contributed by atoms with Crippen molar-refractivity contribution in [3.8, 4) is 23.0 Å². The van der Waals surface area contributed by atoms with Crippen LogP contribution in [0.4, 0.5) is 5.69 Å². The first-order valence-electron chi connectivity index (χ1n) is 9.44. The van der Waals surface area contributed by atoms with Gasteiger partial charge in [-0.25, -0.2) is 0 Å². The van der Waals surface area contributed by atoms with Crippen LogP contribution < -0.4 is 24.7 Å². The van der Waals surface area contributed by atoms with Crippen molar-refractivity contribution in [3.05, 3.63) is 47.0 Å². The van der Waals surface area contributed by atoms with E-state index in [1.165, 1.54) is 21.3 Å². The highest BCUT2D eigenvalue weighted by molar-refractivity contribution is 6.12. The van der Waals surface area contributed by atoms with Crippen molar-refractivity contribution >= 4 is 17.5 Å². The molecule has 2 N–H and O–H groups in total. The van der Waals surface area contributed by atoms with E-state index in [1.54, 1.807) is 18.2 Å². The van der Waals surface area contributed by atoms with Crippen LogP contribution in [0.1, 0.15) is 36.7 Å². The lowest BCUT2D eigenvalue weighted by molar-refractivity contribution is 0.102. The molecule has 29 heavy (non-hydrogen) atoms. The number of nitrogen functional groups attached to an aromatic ring is 1. The summed E-state index contributed by atoms with van der Waals surface area (Å²) in [5, 5.41) is 0. The summed E-state index contributed by atoms with van der Waals surface area (Å²) >= 11 is 0. The van der Waals surface area contributed by atoms with Gasteiger partial charge in [-0.05, 0) is 48.7 Å². The number of Topliss-reactive ketones (excluding diaryl/α,β-unsaturated/α-hetero) is 1. The molecule has 0 amide bonds. The van der Waals surface area contributed by atoms with Crippen molar-refractivity contribution in [2.24, 2.45) is 5.92 Å². The van der Waals surface area contributed by atoms with Gasteiger partial charge >= 0.3 is 0 Å². The molecule has 0 radical (unpaired) electrons.